The summed E-state index contributed by atoms with van der Waals surface area (Å²) < 4.78 is 30.4. The number of hydrogen-bond acceptors (Lipinski definition) is 9. The molecule has 0 unspecified atom stereocenters. The zero-order valence-electron chi connectivity index (χ0n) is 22.7. The highest BCUT2D eigenvalue weighted by Gasteiger charge is 2.29. The van der Waals surface area contributed by atoms with E-state index in [0.717, 1.165) is 17.5 Å². The first-order valence-electron chi connectivity index (χ1n) is 13.4. The lowest BCUT2D eigenvalue weighted by molar-refractivity contribution is -0.200. The standard InChI is InChI=1S/C29H32FN7O4/c1-39-13-3-11-32-28(38)21-17-40-25(41-18-21)14-24-36-26(20-5-7-22(30)8-6-20)27(37-24)23-9-12-33-29(35-23)34-16-19-4-2-10-31-15-19/h2,4-10,12,15,21,25H,3,11,13-14,16-18H2,1H3,(H,32,38)(H,36,37)(H,33,34,35). The minimum atomic E-state index is -0.574. The first-order valence-corrected chi connectivity index (χ1v) is 13.4. The number of amides is 1. The van der Waals surface area contributed by atoms with Crippen molar-refractivity contribution in [3.63, 3.8) is 0 Å². The van der Waals surface area contributed by atoms with Gasteiger partial charge in [0.15, 0.2) is 6.29 Å². The normalized spacial score (nSPS) is 16.8. The van der Waals surface area contributed by atoms with Gasteiger partial charge in [-0.2, -0.15) is 0 Å². The smallest absolute Gasteiger partial charge is 0.227 e. The number of aromatic amines is 1. The van der Waals surface area contributed by atoms with Gasteiger partial charge in [-0.05, 0) is 48.4 Å². The van der Waals surface area contributed by atoms with Crippen molar-refractivity contribution in [2.45, 2.75) is 25.7 Å². The van der Waals surface area contributed by atoms with Gasteiger partial charge in [0.1, 0.15) is 11.6 Å². The molecule has 3 N–H and O–H groups in total. The number of H-pyrrole nitrogens is 1. The fourth-order valence-corrected chi connectivity index (χ4v) is 4.33. The lowest BCUT2D eigenvalue weighted by Gasteiger charge is -2.28. The molecule has 0 bridgehead atoms. The van der Waals surface area contributed by atoms with Crippen LogP contribution in [-0.4, -0.2) is 70.6 Å². The predicted molar refractivity (Wildman–Crippen MR) is 149 cm³/mol. The zero-order chi connectivity index (χ0) is 28.4. The number of halogens is 1. The highest BCUT2D eigenvalue weighted by Crippen LogP contribution is 2.30. The molecule has 5 rings (SSSR count). The van der Waals surface area contributed by atoms with Gasteiger partial charge in [-0.25, -0.2) is 19.3 Å². The molecule has 0 spiro atoms. The van der Waals surface area contributed by atoms with Gasteiger partial charge < -0.3 is 29.8 Å². The maximum absolute atomic E-state index is 13.7. The number of methoxy groups -OCH3 is 1. The van der Waals surface area contributed by atoms with Crippen molar-refractivity contribution < 1.29 is 23.4 Å². The molecule has 1 aromatic carbocycles. The second-order valence-electron chi connectivity index (χ2n) is 9.53. The third-order valence-electron chi connectivity index (χ3n) is 6.48. The summed E-state index contributed by atoms with van der Waals surface area (Å²) in [6.45, 7) is 2.13. The van der Waals surface area contributed by atoms with Gasteiger partial charge >= 0.3 is 0 Å². The SMILES string of the molecule is COCCCNC(=O)C1COC(Cc2nc(-c3ccc(F)cc3)c(-c3ccnc(NCc4cccnc4)n3)[nH]2)OC1. The lowest BCUT2D eigenvalue weighted by atomic mass is 10.1. The number of imidazole rings is 1. The molecule has 4 heterocycles. The molecule has 0 saturated carbocycles. The van der Waals surface area contributed by atoms with Gasteiger partial charge in [-0.15, -0.1) is 0 Å². The van der Waals surface area contributed by atoms with E-state index < -0.39 is 6.29 Å². The van der Waals surface area contributed by atoms with Crippen LogP contribution in [0.15, 0.2) is 61.1 Å². The number of benzene rings is 1. The Morgan fingerprint density at radius 1 is 1.12 bits per heavy atom. The molecule has 1 aliphatic rings. The topological polar surface area (TPSA) is 136 Å². The number of carbonyl (C=O) groups excluding carboxylic acids is 1. The molecule has 1 fully saturated rings. The first kappa shape index (κ1) is 28.3. The Kier molecular flexibility index (Phi) is 9.57. The van der Waals surface area contributed by atoms with E-state index in [2.05, 4.69) is 30.6 Å². The fourth-order valence-electron chi connectivity index (χ4n) is 4.33. The molecule has 11 nitrogen and oxygen atoms in total. The summed E-state index contributed by atoms with van der Waals surface area (Å²) in [5.74, 6) is 0.231. The number of nitrogens with one attached hydrogen (secondary N) is 3. The van der Waals surface area contributed by atoms with E-state index in [-0.39, 0.29) is 30.9 Å². The van der Waals surface area contributed by atoms with Gasteiger partial charge in [-0.3, -0.25) is 9.78 Å². The molecule has 41 heavy (non-hydrogen) atoms. The Labute approximate surface area is 236 Å². The zero-order valence-corrected chi connectivity index (χ0v) is 22.7. The monoisotopic (exact) mass is 561 g/mol. The maximum Gasteiger partial charge on any atom is 0.227 e. The van der Waals surface area contributed by atoms with Crippen molar-refractivity contribution >= 4 is 11.9 Å². The number of hydrogen-bond donors (Lipinski definition) is 3. The van der Waals surface area contributed by atoms with Gasteiger partial charge in [0.2, 0.25) is 11.9 Å². The number of anilines is 1. The molecule has 1 aliphatic heterocycles. The van der Waals surface area contributed by atoms with Crippen molar-refractivity contribution in [2.75, 3.05) is 38.8 Å². The lowest BCUT2D eigenvalue weighted by Crippen LogP contribution is -2.42. The van der Waals surface area contributed by atoms with Crippen LogP contribution >= 0.6 is 0 Å². The number of nitrogens with zero attached hydrogens (tertiary/aromatic N) is 4. The highest BCUT2D eigenvalue weighted by molar-refractivity contribution is 5.79. The van der Waals surface area contributed by atoms with Crippen molar-refractivity contribution in [3.8, 4) is 22.6 Å². The number of aromatic nitrogens is 5. The fraction of sp³-hybridized carbons (Fsp3) is 0.345. The average molecular weight is 562 g/mol. The molecule has 3 aromatic heterocycles. The largest absolute Gasteiger partial charge is 0.385 e. The molecule has 214 valence electrons. The first-order chi connectivity index (χ1) is 20.1. The minimum absolute atomic E-state index is 0.102. The van der Waals surface area contributed by atoms with Crippen LogP contribution in [0.4, 0.5) is 10.3 Å². The van der Waals surface area contributed by atoms with Gasteiger partial charge in [0.25, 0.3) is 0 Å². The van der Waals surface area contributed by atoms with E-state index in [1.165, 1.54) is 12.1 Å². The van der Waals surface area contributed by atoms with E-state index in [1.807, 2.05) is 12.1 Å². The second kappa shape index (κ2) is 13.9. The van der Waals surface area contributed by atoms with Crippen LogP contribution in [0.2, 0.25) is 0 Å². The van der Waals surface area contributed by atoms with Crippen LogP contribution < -0.4 is 10.6 Å². The van der Waals surface area contributed by atoms with Crippen LogP contribution in [0.3, 0.4) is 0 Å². The van der Waals surface area contributed by atoms with Crippen molar-refractivity contribution in [2.24, 2.45) is 5.92 Å². The summed E-state index contributed by atoms with van der Waals surface area (Å²) in [6, 6.07) is 11.7. The summed E-state index contributed by atoms with van der Waals surface area (Å²) in [5, 5.41) is 6.10. The summed E-state index contributed by atoms with van der Waals surface area (Å²) in [6.07, 6.45) is 5.65. The summed E-state index contributed by atoms with van der Waals surface area (Å²) in [7, 11) is 1.63. The molecule has 0 aliphatic carbocycles. The molecular weight excluding hydrogens is 529 g/mol. The van der Waals surface area contributed by atoms with Gasteiger partial charge in [0, 0.05) is 51.0 Å². The van der Waals surface area contributed by atoms with E-state index in [4.69, 9.17) is 19.2 Å². The molecule has 0 radical (unpaired) electrons. The van der Waals surface area contributed by atoms with E-state index in [9.17, 15) is 9.18 Å². The molecule has 0 atom stereocenters. The summed E-state index contributed by atoms with van der Waals surface area (Å²) >= 11 is 0. The number of rotatable bonds is 12. The van der Waals surface area contributed by atoms with Crippen LogP contribution in [0, 0.1) is 11.7 Å². The van der Waals surface area contributed by atoms with Gasteiger partial charge in [-0.1, -0.05) is 6.07 Å². The Morgan fingerprint density at radius 3 is 2.71 bits per heavy atom. The predicted octanol–water partition coefficient (Wildman–Crippen LogP) is 3.36. The Bertz CT molecular complexity index is 1410. The number of pyridine rings is 1. The molecule has 1 saturated heterocycles. The number of carbonyl (C=O) groups is 1. The van der Waals surface area contributed by atoms with Crippen molar-refractivity contribution in [1.29, 1.82) is 0 Å². The molecule has 4 aromatic rings. The summed E-state index contributed by atoms with van der Waals surface area (Å²) in [5.41, 5.74) is 3.60. The quantitative estimate of drug-likeness (QED) is 0.222. The maximum atomic E-state index is 13.7. The third-order valence-corrected chi connectivity index (χ3v) is 6.48. The van der Waals surface area contributed by atoms with Crippen molar-refractivity contribution in [1.82, 2.24) is 30.2 Å². The Morgan fingerprint density at radius 2 is 1.95 bits per heavy atom. The van der Waals surface area contributed by atoms with Crippen LogP contribution in [0.25, 0.3) is 22.6 Å². The van der Waals surface area contributed by atoms with Gasteiger partial charge in [0.05, 0.1) is 42.6 Å². The third kappa shape index (κ3) is 7.69. The van der Waals surface area contributed by atoms with Crippen LogP contribution in [-0.2, 0) is 32.0 Å². The van der Waals surface area contributed by atoms with Crippen molar-refractivity contribution in [3.05, 3.63) is 78.3 Å². The second-order valence-corrected chi connectivity index (χ2v) is 9.53. The number of ether oxygens (including phenoxy) is 3. The molecule has 1 amide bonds. The van der Waals surface area contributed by atoms with Crippen LogP contribution in [0.1, 0.15) is 17.8 Å². The minimum Gasteiger partial charge on any atom is -0.385 e. The Balaban J connectivity index is 1.29. The average Bonchev–Trinajstić information content (AvgIpc) is 3.43. The Hall–Kier alpha value is -4.26. The van der Waals surface area contributed by atoms with E-state index >= 15 is 0 Å². The summed E-state index contributed by atoms with van der Waals surface area (Å²) in [4.78, 5) is 33.7. The van der Waals surface area contributed by atoms with E-state index in [1.54, 1.807) is 43.9 Å². The molecular formula is C29H32FN7O4. The highest BCUT2D eigenvalue weighted by atomic mass is 19.1. The van der Waals surface area contributed by atoms with Crippen LogP contribution in [0.5, 0.6) is 0 Å². The molecule has 12 heteroatoms. The van der Waals surface area contributed by atoms with E-state index in [0.29, 0.717) is 55.0 Å².